The predicted molar refractivity (Wildman–Crippen MR) is 71.5 cm³/mol. The molecule has 0 aromatic carbocycles. The van der Waals surface area contributed by atoms with Crippen molar-refractivity contribution in [2.75, 3.05) is 0 Å². The SMILES string of the molecule is C=CC[Si](CC=C)=[Si](CC=C)CC=C. The molecule has 0 fully saturated rings. The smallest absolute Gasteiger partial charge is 0.00359 e. The fourth-order valence-corrected chi connectivity index (χ4v) is 9.52. The second kappa shape index (κ2) is 8.97. The topological polar surface area (TPSA) is 0 Å². The fourth-order valence-electron chi connectivity index (χ4n) is 1.44. The highest BCUT2D eigenvalue weighted by Crippen LogP contribution is 2.03. The van der Waals surface area contributed by atoms with Crippen molar-refractivity contribution >= 4 is 15.8 Å². The van der Waals surface area contributed by atoms with Crippen LogP contribution in [0.1, 0.15) is 0 Å². The molecule has 0 aliphatic heterocycles. The molecule has 0 spiro atoms. The third kappa shape index (κ3) is 5.19. The van der Waals surface area contributed by atoms with Gasteiger partial charge in [-0.15, -0.1) is 26.3 Å². The lowest BCUT2D eigenvalue weighted by Gasteiger charge is -2.07. The van der Waals surface area contributed by atoms with Crippen molar-refractivity contribution in [2.24, 2.45) is 0 Å². The van der Waals surface area contributed by atoms with Crippen LogP contribution in [-0.4, -0.2) is 15.8 Å². The number of hydrogen-bond donors (Lipinski definition) is 0. The minimum atomic E-state index is -0.287. The van der Waals surface area contributed by atoms with Crippen LogP contribution in [-0.2, 0) is 0 Å². The second-order valence-electron chi connectivity index (χ2n) is 3.18. The zero-order chi connectivity index (χ0) is 10.8. The van der Waals surface area contributed by atoms with Crippen molar-refractivity contribution in [1.29, 1.82) is 0 Å². The standard InChI is InChI=1S/C12H20Si2/c1-5-9-13(10-6-2)14(11-7-3)12-8-4/h5-8H,1-4,9-12H2. The zero-order valence-electron chi connectivity index (χ0n) is 8.97. The molecule has 0 heterocycles. The summed E-state index contributed by atoms with van der Waals surface area (Å²) in [4.78, 5) is 0. The van der Waals surface area contributed by atoms with Gasteiger partial charge in [0.25, 0.3) is 0 Å². The Morgan fingerprint density at radius 1 is 0.571 bits per heavy atom. The summed E-state index contributed by atoms with van der Waals surface area (Å²) in [6.45, 7) is 15.4. The van der Waals surface area contributed by atoms with Crippen LogP contribution in [0.15, 0.2) is 50.6 Å². The molecule has 0 saturated heterocycles. The average molecular weight is 220 g/mol. The molecule has 0 radical (unpaired) electrons. The monoisotopic (exact) mass is 220 g/mol. The van der Waals surface area contributed by atoms with Crippen molar-refractivity contribution in [2.45, 2.75) is 24.2 Å². The molecule has 0 nitrogen and oxygen atoms in total. The second-order valence-corrected chi connectivity index (χ2v) is 11.5. The van der Waals surface area contributed by atoms with E-state index >= 15 is 0 Å². The first-order valence-electron chi connectivity index (χ1n) is 4.93. The van der Waals surface area contributed by atoms with Gasteiger partial charge >= 0.3 is 0 Å². The van der Waals surface area contributed by atoms with Crippen LogP contribution in [0.5, 0.6) is 0 Å². The van der Waals surface area contributed by atoms with E-state index in [0.29, 0.717) is 0 Å². The average Bonchev–Trinajstić information content (AvgIpc) is 2.17. The summed E-state index contributed by atoms with van der Waals surface area (Å²) in [6, 6.07) is 4.80. The fraction of sp³-hybridized carbons (Fsp3) is 0.333. The van der Waals surface area contributed by atoms with Gasteiger partial charge in [0, 0.05) is 0 Å². The van der Waals surface area contributed by atoms with Crippen LogP contribution in [0.25, 0.3) is 0 Å². The Morgan fingerprint density at radius 2 is 0.786 bits per heavy atom. The highest BCUT2D eigenvalue weighted by molar-refractivity contribution is 6.97. The van der Waals surface area contributed by atoms with E-state index in [1.54, 1.807) is 0 Å². The van der Waals surface area contributed by atoms with Gasteiger partial charge in [0.1, 0.15) is 0 Å². The van der Waals surface area contributed by atoms with Crippen molar-refractivity contribution in [3.8, 4) is 0 Å². The number of allylic oxidation sites excluding steroid dienone is 4. The van der Waals surface area contributed by atoms with Crippen molar-refractivity contribution in [3.05, 3.63) is 50.6 Å². The van der Waals surface area contributed by atoms with E-state index in [0.717, 1.165) is 0 Å². The molecule has 0 aliphatic carbocycles. The lowest BCUT2D eigenvalue weighted by Crippen LogP contribution is -2.15. The molecule has 0 unspecified atom stereocenters. The summed E-state index contributed by atoms with van der Waals surface area (Å²) in [7, 11) is -0.574. The van der Waals surface area contributed by atoms with E-state index in [4.69, 9.17) is 0 Å². The Labute approximate surface area is 90.9 Å². The van der Waals surface area contributed by atoms with Crippen molar-refractivity contribution in [1.82, 2.24) is 0 Å². The van der Waals surface area contributed by atoms with Crippen LogP contribution in [0.3, 0.4) is 0 Å². The van der Waals surface area contributed by atoms with Crippen LogP contribution in [0.2, 0.25) is 24.2 Å². The van der Waals surface area contributed by atoms with E-state index in [-0.39, 0.29) is 15.8 Å². The van der Waals surface area contributed by atoms with Crippen LogP contribution in [0.4, 0.5) is 0 Å². The Hall–Kier alpha value is -0.606. The molecule has 0 aromatic rings. The van der Waals surface area contributed by atoms with E-state index in [2.05, 4.69) is 50.6 Å². The molecule has 0 saturated carbocycles. The summed E-state index contributed by atoms with van der Waals surface area (Å²) in [5.41, 5.74) is 0. The summed E-state index contributed by atoms with van der Waals surface area (Å²) in [5, 5.41) is 0. The van der Waals surface area contributed by atoms with Gasteiger partial charge in [0.15, 0.2) is 0 Å². The summed E-state index contributed by atoms with van der Waals surface area (Å²) >= 11 is 0. The van der Waals surface area contributed by atoms with E-state index in [1.165, 1.54) is 24.2 Å². The normalized spacial score (nSPS) is 8.86. The molecule has 2 heteroatoms. The predicted octanol–water partition coefficient (Wildman–Crippen LogP) is 3.80. The molecule has 0 aliphatic rings. The highest BCUT2D eigenvalue weighted by Gasteiger charge is 2.03. The van der Waals surface area contributed by atoms with Crippen LogP contribution < -0.4 is 0 Å². The molecular weight excluding hydrogens is 200 g/mol. The Bertz CT molecular complexity index is 199. The molecule has 0 N–H and O–H groups in total. The third-order valence-corrected chi connectivity index (χ3v) is 11.6. The molecule has 0 atom stereocenters. The molecule has 0 amide bonds. The maximum atomic E-state index is 3.84. The molecule has 0 aromatic heterocycles. The lowest BCUT2D eigenvalue weighted by atomic mass is 10.7. The van der Waals surface area contributed by atoms with Gasteiger partial charge in [-0.3, -0.25) is 0 Å². The van der Waals surface area contributed by atoms with E-state index < -0.39 is 0 Å². The van der Waals surface area contributed by atoms with Gasteiger partial charge in [-0.25, -0.2) is 0 Å². The molecule has 0 rings (SSSR count). The quantitative estimate of drug-likeness (QED) is 0.431. The van der Waals surface area contributed by atoms with Gasteiger partial charge < -0.3 is 0 Å². The Morgan fingerprint density at radius 3 is 0.929 bits per heavy atom. The molecule has 14 heavy (non-hydrogen) atoms. The summed E-state index contributed by atoms with van der Waals surface area (Å²) in [6.07, 6.45) is 8.26. The van der Waals surface area contributed by atoms with Crippen LogP contribution >= 0.6 is 0 Å². The van der Waals surface area contributed by atoms with Crippen LogP contribution in [0, 0.1) is 0 Å². The van der Waals surface area contributed by atoms with Gasteiger partial charge in [-0.2, -0.15) is 0 Å². The summed E-state index contributed by atoms with van der Waals surface area (Å²) < 4.78 is 0. The molecule has 0 bridgehead atoms. The first-order valence-corrected chi connectivity index (χ1v) is 9.76. The minimum absolute atomic E-state index is 0.287. The van der Waals surface area contributed by atoms with Gasteiger partial charge in [0.05, 0.1) is 0 Å². The first-order chi connectivity index (χ1) is 6.79. The first kappa shape index (κ1) is 13.4. The van der Waals surface area contributed by atoms with E-state index in [1.807, 2.05) is 0 Å². The maximum absolute atomic E-state index is 3.84. The minimum Gasteiger partial charge on any atom is -0.103 e. The van der Waals surface area contributed by atoms with Crippen molar-refractivity contribution < 1.29 is 0 Å². The molecule has 76 valence electrons. The highest BCUT2D eigenvalue weighted by atomic mass is 28.9. The largest absolute Gasteiger partial charge is 0.103 e. The Kier molecular flexibility index (Phi) is 8.58. The number of rotatable bonds is 8. The van der Waals surface area contributed by atoms with Crippen molar-refractivity contribution in [3.63, 3.8) is 0 Å². The summed E-state index contributed by atoms with van der Waals surface area (Å²) in [5.74, 6) is 0. The molecular formula is C12H20Si2. The maximum Gasteiger partial charge on any atom is -0.00359 e. The van der Waals surface area contributed by atoms with Gasteiger partial charge in [-0.1, -0.05) is 24.3 Å². The Balaban J connectivity index is 4.77. The number of hydrogen-bond acceptors (Lipinski definition) is 0. The van der Waals surface area contributed by atoms with Gasteiger partial charge in [0.2, 0.25) is 0 Å². The zero-order valence-corrected chi connectivity index (χ0v) is 11.0. The van der Waals surface area contributed by atoms with E-state index in [9.17, 15) is 0 Å². The van der Waals surface area contributed by atoms with Gasteiger partial charge in [-0.05, 0) is 40.0 Å². The third-order valence-electron chi connectivity index (χ3n) is 2.06. The lowest BCUT2D eigenvalue weighted by molar-refractivity contribution is 1.54.